The number of anilines is 1. The number of nitrogens with two attached hydrogens (primary N) is 1. The fraction of sp³-hybridized carbons (Fsp3) is 0.382. The molecule has 0 radical (unpaired) electrons. The number of hydrogen-bond acceptors (Lipinski definition) is 6. The van der Waals surface area contributed by atoms with Crippen molar-refractivity contribution in [2.75, 3.05) is 5.73 Å². The van der Waals surface area contributed by atoms with Gasteiger partial charge in [0.1, 0.15) is 28.5 Å². The van der Waals surface area contributed by atoms with Crippen molar-refractivity contribution in [2.24, 2.45) is 0 Å². The third kappa shape index (κ3) is 8.77. The Hall–Kier alpha value is -4.49. The maximum atomic E-state index is 14.2. The Morgan fingerprint density at radius 3 is 2.32 bits per heavy atom. The highest BCUT2D eigenvalue weighted by atomic mass is 19.1. The molecule has 8 nitrogen and oxygen atoms in total. The summed E-state index contributed by atoms with van der Waals surface area (Å²) in [5, 5.41) is 18.2. The molecule has 0 saturated heterocycles. The lowest BCUT2D eigenvalue weighted by Crippen LogP contribution is -2.36. The van der Waals surface area contributed by atoms with E-state index in [1.54, 1.807) is 45.4 Å². The second-order valence-corrected chi connectivity index (χ2v) is 11.5. The summed E-state index contributed by atoms with van der Waals surface area (Å²) in [5.74, 6) is 4.52. The summed E-state index contributed by atoms with van der Waals surface area (Å²) < 4.78 is 35.7. The first-order valence-electron chi connectivity index (χ1n) is 14.6. The van der Waals surface area contributed by atoms with Crippen molar-refractivity contribution in [3.8, 4) is 23.0 Å². The highest BCUT2D eigenvalue weighted by Gasteiger charge is 2.26. The van der Waals surface area contributed by atoms with Gasteiger partial charge in [0.2, 0.25) is 0 Å². The van der Waals surface area contributed by atoms with Gasteiger partial charge in [0.15, 0.2) is 5.82 Å². The number of fused-ring (bicyclic) bond motifs is 1. The maximum Gasteiger partial charge on any atom is 0.408 e. The van der Waals surface area contributed by atoms with E-state index in [0.29, 0.717) is 34.9 Å². The molecule has 1 amide bonds. The molecule has 0 aliphatic rings. The molecule has 44 heavy (non-hydrogen) atoms. The average molecular weight is 606 g/mol. The Balaban J connectivity index is 0.00000259. The van der Waals surface area contributed by atoms with Crippen LogP contribution in [0.25, 0.3) is 22.0 Å². The molecule has 2 heterocycles. The number of para-hydroxylation sites is 1. The first-order chi connectivity index (χ1) is 20.6. The van der Waals surface area contributed by atoms with Crippen LogP contribution < -0.4 is 11.1 Å². The maximum absolute atomic E-state index is 14.2. The number of nitrogen functional groups attached to an aromatic ring is 1. The number of carbonyl (C=O) groups excluding carboxylic acids is 1. The van der Waals surface area contributed by atoms with Crippen LogP contribution in [0, 0.1) is 23.5 Å². The quantitative estimate of drug-likeness (QED) is 0.205. The van der Waals surface area contributed by atoms with E-state index in [1.807, 2.05) is 45.0 Å². The van der Waals surface area contributed by atoms with E-state index in [0.717, 1.165) is 22.5 Å². The normalized spacial score (nSPS) is 12.1. The largest absolute Gasteiger partial charge is 0.444 e. The van der Waals surface area contributed by atoms with Crippen LogP contribution in [0.15, 0.2) is 48.5 Å². The molecule has 0 aliphatic heterocycles. The van der Waals surface area contributed by atoms with Crippen LogP contribution in [0.3, 0.4) is 0 Å². The number of carbonyl (C=O) groups is 1. The molecule has 0 aliphatic carbocycles. The number of pyridine rings is 1. The van der Waals surface area contributed by atoms with E-state index in [2.05, 4.69) is 22.3 Å². The molecule has 2 aromatic heterocycles. The van der Waals surface area contributed by atoms with Gasteiger partial charge in [0.25, 0.3) is 0 Å². The van der Waals surface area contributed by atoms with E-state index in [1.165, 1.54) is 12.1 Å². The Morgan fingerprint density at radius 1 is 1.07 bits per heavy atom. The van der Waals surface area contributed by atoms with Gasteiger partial charge in [-0.2, -0.15) is 5.10 Å². The lowest BCUT2D eigenvalue weighted by molar-refractivity contribution is 0.0502. The van der Waals surface area contributed by atoms with Crippen molar-refractivity contribution >= 4 is 22.8 Å². The van der Waals surface area contributed by atoms with Gasteiger partial charge in [0, 0.05) is 29.1 Å². The number of alkyl carbamates (subject to hydrolysis) is 1. The lowest BCUT2D eigenvalue weighted by Gasteiger charge is -2.25. The van der Waals surface area contributed by atoms with Crippen LogP contribution >= 0.6 is 0 Å². The van der Waals surface area contributed by atoms with Crippen molar-refractivity contribution in [3.63, 3.8) is 0 Å². The van der Waals surface area contributed by atoms with Gasteiger partial charge in [-0.05, 0) is 89.8 Å². The predicted molar refractivity (Wildman–Crippen MR) is 170 cm³/mol. The van der Waals surface area contributed by atoms with Gasteiger partial charge in [0.05, 0.1) is 17.3 Å². The number of nitrogens with one attached hydrogen (secondary N) is 1. The van der Waals surface area contributed by atoms with E-state index in [4.69, 9.17) is 15.5 Å². The fourth-order valence-electron chi connectivity index (χ4n) is 4.59. The van der Waals surface area contributed by atoms with Gasteiger partial charge in [-0.3, -0.25) is 4.68 Å². The Kier molecular flexibility index (Phi) is 10.7. The summed E-state index contributed by atoms with van der Waals surface area (Å²) >= 11 is 0. The van der Waals surface area contributed by atoms with Crippen LogP contribution in [0.1, 0.15) is 78.4 Å². The number of halogens is 2. The number of benzene rings is 2. The third-order valence-corrected chi connectivity index (χ3v) is 6.19. The number of hydrogen-bond donors (Lipinski definition) is 3. The predicted octanol–water partition coefficient (Wildman–Crippen LogP) is 6.94. The summed E-state index contributed by atoms with van der Waals surface area (Å²) in [6.45, 7) is 14.8. The fourth-order valence-corrected chi connectivity index (χ4v) is 4.59. The summed E-state index contributed by atoms with van der Waals surface area (Å²) in [4.78, 5) is 17.9. The van der Waals surface area contributed by atoms with Gasteiger partial charge in [-0.15, -0.1) is 0 Å². The number of ether oxygens (including phenoxy) is 1. The number of aliphatic hydroxyl groups is 1. The first-order valence-corrected chi connectivity index (χ1v) is 14.6. The van der Waals surface area contributed by atoms with Gasteiger partial charge in [-0.1, -0.05) is 31.9 Å². The minimum Gasteiger partial charge on any atom is -0.444 e. The first kappa shape index (κ1) is 34.0. The van der Waals surface area contributed by atoms with E-state index >= 15 is 0 Å². The Bertz CT molecular complexity index is 1670. The second kappa shape index (κ2) is 13.9. The molecular weight excluding hydrogens is 564 g/mol. The summed E-state index contributed by atoms with van der Waals surface area (Å²) in [7, 11) is 0. The molecule has 4 N–H and O–H groups in total. The number of rotatable bonds is 6. The highest BCUT2D eigenvalue weighted by Crippen LogP contribution is 2.36. The Morgan fingerprint density at radius 2 is 1.73 bits per heavy atom. The third-order valence-electron chi connectivity index (χ3n) is 6.19. The van der Waals surface area contributed by atoms with Crippen molar-refractivity contribution in [1.82, 2.24) is 20.1 Å². The van der Waals surface area contributed by atoms with Crippen LogP contribution in [-0.2, 0) is 17.7 Å². The molecule has 4 aromatic rings. The SMILES string of the molecule is CC.CCn1nc(N)c2cccc(-c3ccc(C#CC(C)(C)O)nc3C(Cc3cc(F)cc(F)c3)NC(=O)OC(C)(C)C)c21. The molecule has 0 spiro atoms. The van der Waals surface area contributed by atoms with Crippen LogP contribution in [0.4, 0.5) is 19.4 Å². The number of aryl methyl sites for hydroxylation is 1. The second-order valence-electron chi connectivity index (χ2n) is 11.5. The molecule has 0 saturated carbocycles. The standard InChI is InChI=1S/C32H35F2N5O3.C2H6/c1-7-39-28-24(9-8-10-25(28)29(35)38-39)23-12-11-22(13-14-32(5,6)41)36-27(23)26(37-30(40)42-31(2,3)4)17-19-15-20(33)18-21(34)16-19;1-2/h8-12,15-16,18,26,41H,7,17H2,1-6H3,(H2,35,38)(H,37,40);1-2H3. The zero-order valence-electron chi connectivity index (χ0n) is 26.5. The number of aromatic nitrogens is 3. The van der Waals surface area contributed by atoms with Crippen molar-refractivity contribution in [2.45, 2.75) is 85.6 Å². The molecular formula is C34H41F2N5O3. The summed E-state index contributed by atoms with van der Waals surface area (Å²) in [6.07, 6.45) is -0.743. The number of nitrogens with zero attached hydrogens (tertiary/aromatic N) is 3. The monoisotopic (exact) mass is 605 g/mol. The number of amides is 1. The minimum atomic E-state index is -1.27. The zero-order chi connectivity index (χ0) is 32.8. The molecule has 4 rings (SSSR count). The molecule has 0 bridgehead atoms. The van der Waals surface area contributed by atoms with Gasteiger partial charge in [-0.25, -0.2) is 18.6 Å². The van der Waals surface area contributed by atoms with Gasteiger partial charge >= 0.3 is 6.09 Å². The summed E-state index contributed by atoms with van der Waals surface area (Å²) in [5.41, 5.74) is 7.29. The van der Waals surface area contributed by atoms with Crippen LogP contribution in [0.5, 0.6) is 0 Å². The molecule has 1 unspecified atom stereocenters. The van der Waals surface area contributed by atoms with E-state index < -0.39 is 35.0 Å². The van der Waals surface area contributed by atoms with Gasteiger partial charge < -0.3 is 20.9 Å². The Labute approximate surface area is 257 Å². The molecule has 234 valence electrons. The molecule has 2 aromatic carbocycles. The van der Waals surface area contributed by atoms with Crippen molar-refractivity contribution in [3.05, 3.63) is 77.1 Å². The summed E-state index contributed by atoms with van der Waals surface area (Å²) in [6, 6.07) is 11.4. The smallest absolute Gasteiger partial charge is 0.408 e. The zero-order valence-corrected chi connectivity index (χ0v) is 26.5. The van der Waals surface area contributed by atoms with Crippen molar-refractivity contribution in [1.29, 1.82) is 0 Å². The van der Waals surface area contributed by atoms with Crippen LogP contribution in [0.2, 0.25) is 0 Å². The van der Waals surface area contributed by atoms with Crippen LogP contribution in [-0.4, -0.2) is 37.2 Å². The van der Waals surface area contributed by atoms with E-state index in [9.17, 15) is 18.7 Å². The highest BCUT2D eigenvalue weighted by molar-refractivity contribution is 6.00. The lowest BCUT2D eigenvalue weighted by atomic mass is 9.94. The van der Waals surface area contributed by atoms with E-state index in [-0.39, 0.29) is 6.42 Å². The minimum absolute atomic E-state index is 0.0124. The average Bonchev–Trinajstić information content (AvgIpc) is 3.26. The molecule has 10 heteroatoms. The molecule has 1 atom stereocenters. The topological polar surface area (TPSA) is 115 Å². The van der Waals surface area contributed by atoms with Crippen molar-refractivity contribution < 1.29 is 23.4 Å². The molecule has 0 fully saturated rings.